The minimum atomic E-state index is -0.960. The topological polar surface area (TPSA) is 58.2 Å². The third kappa shape index (κ3) is 5.09. The summed E-state index contributed by atoms with van der Waals surface area (Å²) in [7, 11) is 0. The van der Waals surface area contributed by atoms with Crippen LogP contribution in [0.4, 0.5) is 8.78 Å². The van der Waals surface area contributed by atoms with E-state index in [4.69, 9.17) is 0 Å². The molecule has 1 atom stereocenters. The van der Waals surface area contributed by atoms with Crippen LogP contribution in [0.2, 0.25) is 0 Å². The molecular weight excluding hydrogens is 346 g/mol. The van der Waals surface area contributed by atoms with Crippen LogP contribution in [-0.2, 0) is 11.2 Å². The normalized spacial score (nSPS) is 12.0. The Bertz CT molecular complexity index is 712. The first kappa shape index (κ1) is 19.1. The van der Waals surface area contributed by atoms with E-state index < -0.39 is 29.1 Å². The summed E-state index contributed by atoms with van der Waals surface area (Å²) in [4.78, 5) is 25.7. The molecule has 4 nitrogen and oxygen atoms in total. The molecule has 2 amide bonds. The molecular formula is C18H20F2N2O2S. The maximum atomic E-state index is 13.7. The lowest BCUT2D eigenvalue weighted by atomic mass is 10.0. The highest BCUT2D eigenvalue weighted by molar-refractivity contribution is 7.09. The number of hydrogen-bond donors (Lipinski definition) is 2. The van der Waals surface area contributed by atoms with Gasteiger partial charge in [0.15, 0.2) is 0 Å². The number of carbonyl (C=O) groups excluding carboxylic acids is 2. The summed E-state index contributed by atoms with van der Waals surface area (Å²) in [5.41, 5.74) is -0.681. The van der Waals surface area contributed by atoms with Crippen molar-refractivity contribution >= 4 is 23.2 Å². The van der Waals surface area contributed by atoms with E-state index in [0.29, 0.717) is 13.0 Å². The predicted octanol–water partition coefficient (Wildman–Crippen LogP) is 3.14. The van der Waals surface area contributed by atoms with E-state index in [2.05, 4.69) is 10.6 Å². The maximum Gasteiger partial charge on any atom is 0.257 e. The molecule has 134 valence electrons. The molecule has 7 heteroatoms. The Morgan fingerprint density at radius 3 is 2.36 bits per heavy atom. The van der Waals surface area contributed by atoms with Crippen LogP contribution in [0.1, 0.15) is 29.1 Å². The Hall–Kier alpha value is -2.28. The predicted molar refractivity (Wildman–Crippen MR) is 93.5 cm³/mol. The van der Waals surface area contributed by atoms with Gasteiger partial charge in [0.2, 0.25) is 5.91 Å². The second-order valence-corrected chi connectivity index (χ2v) is 6.94. The Balaban J connectivity index is 1.99. The highest BCUT2D eigenvalue weighted by atomic mass is 32.1. The fourth-order valence-corrected chi connectivity index (χ4v) is 3.05. The number of rotatable bonds is 7. The fourth-order valence-electron chi connectivity index (χ4n) is 2.34. The summed E-state index contributed by atoms with van der Waals surface area (Å²) in [6.45, 7) is 3.93. The zero-order valence-electron chi connectivity index (χ0n) is 14.0. The number of benzene rings is 1. The number of halogens is 2. The van der Waals surface area contributed by atoms with Gasteiger partial charge >= 0.3 is 0 Å². The van der Waals surface area contributed by atoms with Gasteiger partial charge in [-0.1, -0.05) is 26.0 Å². The molecule has 0 saturated carbocycles. The van der Waals surface area contributed by atoms with Gasteiger partial charge in [0.1, 0.15) is 23.2 Å². The molecule has 0 aliphatic rings. The molecule has 0 bridgehead atoms. The van der Waals surface area contributed by atoms with Gasteiger partial charge in [0, 0.05) is 11.4 Å². The van der Waals surface area contributed by atoms with E-state index in [1.807, 2.05) is 17.5 Å². The van der Waals surface area contributed by atoms with Crippen LogP contribution in [0.25, 0.3) is 0 Å². The zero-order valence-corrected chi connectivity index (χ0v) is 14.8. The van der Waals surface area contributed by atoms with Crippen molar-refractivity contribution in [3.8, 4) is 0 Å². The first-order chi connectivity index (χ1) is 11.9. The summed E-state index contributed by atoms with van der Waals surface area (Å²) in [5, 5.41) is 7.14. The van der Waals surface area contributed by atoms with E-state index in [1.165, 1.54) is 6.07 Å². The van der Waals surface area contributed by atoms with Crippen molar-refractivity contribution in [3.05, 3.63) is 57.8 Å². The molecule has 0 aliphatic heterocycles. The Kier molecular flexibility index (Phi) is 6.64. The van der Waals surface area contributed by atoms with Crippen molar-refractivity contribution in [2.75, 3.05) is 6.54 Å². The van der Waals surface area contributed by atoms with Crippen molar-refractivity contribution in [1.82, 2.24) is 10.6 Å². The maximum absolute atomic E-state index is 13.7. The average Bonchev–Trinajstić information content (AvgIpc) is 3.05. The molecule has 2 rings (SSSR count). The summed E-state index contributed by atoms with van der Waals surface area (Å²) in [6, 6.07) is 6.21. The number of hydrogen-bond acceptors (Lipinski definition) is 3. The standard InChI is InChI=1S/C18H20F2N2O2S/c1-11(2)16(18(24)21-9-8-12-5-4-10-25-12)22-17(23)15-13(19)6-3-7-14(15)20/h3-7,10-11,16H,8-9H2,1-2H3,(H,21,24)(H,22,23). The van der Waals surface area contributed by atoms with E-state index in [0.717, 1.165) is 17.0 Å². The smallest absolute Gasteiger partial charge is 0.257 e. The molecule has 2 aromatic rings. The van der Waals surface area contributed by atoms with Gasteiger partial charge in [0.05, 0.1) is 0 Å². The number of nitrogens with one attached hydrogen (secondary N) is 2. The Morgan fingerprint density at radius 1 is 1.12 bits per heavy atom. The molecule has 1 aromatic carbocycles. The molecule has 25 heavy (non-hydrogen) atoms. The van der Waals surface area contributed by atoms with Crippen molar-refractivity contribution in [3.63, 3.8) is 0 Å². The van der Waals surface area contributed by atoms with Crippen LogP contribution >= 0.6 is 11.3 Å². The van der Waals surface area contributed by atoms with Crippen LogP contribution in [-0.4, -0.2) is 24.4 Å². The molecule has 0 spiro atoms. The molecule has 0 saturated heterocycles. The molecule has 0 aliphatic carbocycles. The van der Waals surface area contributed by atoms with Crippen LogP contribution in [0.3, 0.4) is 0 Å². The lowest BCUT2D eigenvalue weighted by Gasteiger charge is -2.22. The second kappa shape index (κ2) is 8.71. The average molecular weight is 366 g/mol. The quantitative estimate of drug-likeness (QED) is 0.791. The van der Waals surface area contributed by atoms with Crippen molar-refractivity contribution < 1.29 is 18.4 Å². The van der Waals surface area contributed by atoms with Gasteiger partial charge in [-0.25, -0.2) is 8.78 Å². The third-order valence-corrected chi connectivity index (χ3v) is 4.61. The highest BCUT2D eigenvalue weighted by Gasteiger charge is 2.27. The van der Waals surface area contributed by atoms with Gasteiger partial charge in [0.25, 0.3) is 5.91 Å². The van der Waals surface area contributed by atoms with Gasteiger partial charge in [-0.15, -0.1) is 11.3 Å². The summed E-state index contributed by atoms with van der Waals surface area (Å²) in [5.74, 6) is -3.48. The van der Waals surface area contributed by atoms with Crippen LogP contribution in [0, 0.1) is 17.6 Å². The zero-order chi connectivity index (χ0) is 18.4. The van der Waals surface area contributed by atoms with Gasteiger partial charge in [-0.2, -0.15) is 0 Å². The van der Waals surface area contributed by atoms with Gasteiger partial charge in [-0.05, 0) is 35.9 Å². The monoisotopic (exact) mass is 366 g/mol. The number of thiophene rings is 1. The summed E-state index contributed by atoms with van der Waals surface area (Å²) in [6.07, 6.45) is 0.685. The highest BCUT2D eigenvalue weighted by Crippen LogP contribution is 2.13. The largest absolute Gasteiger partial charge is 0.354 e. The molecule has 1 unspecified atom stereocenters. The Morgan fingerprint density at radius 2 is 1.80 bits per heavy atom. The molecule has 0 fully saturated rings. The Labute approximate surface area is 149 Å². The molecule has 1 heterocycles. The lowest BCUT2D eigenvalue weighted by Crippen LogP contribution is -2.50. The number of carbonyl (C=O) groups is 2. The lowest BCUT2D eigenvalue weighted by molar-refractivity contribution is -0.123. The molecule has 1 aromatic heterocycles. The van der Waals surface area contributed by atoms with Crippen LogP contribution in [0.5, 0.6) is 0 Å². The molecule has 2 N–H and O–H groups in total. The van der Waals surface area contributed by atoms with Crippen LogP contribution < -0.4 is 10.6 Å². The first-order valence-corrected chi connectivity index (χ1v) is 8.83. The summed E-state index contributed by atoms with van der Waals surface area (Å²) >= 11 is 1.60. The van der Waals surface area contributed by atoms with E-state index in [9.17, 15) is 18.4 Å². The third-order valence-electron chi connectivity index (χ3n) is 3.68. The van der Waals surface area contributed by atoms with Crippen molar-refractivity contribution in [2.45, 2.75) is 26.3 Å². The minimum absolute atomic E-state index is 0.236. The van der Waals surface area contributed by atoms with E-state index in [1.54, 1.807) is 25.2 Å². The van der Waals surface area contributed by atoms with Gasteiger partial charge in [-0.3, -0.25) is 9.59 Å². The fraction of sp³-hybridized carbons (Fsp3) is 0.333. The van der Waals surface area contributed by atoms with E-state index >= 15 is 0 Å². The van der Waals surface area contributed by atoms with Gasteiger partial charge < -0.3 is 10.6 Å². The van der Waals surface area contributed by atoms with Crippen LogP contribution in [0.15, 0.2) is 35.7 Å². The minimum Gasteiger partial charge on any atom is -0.354 e. The summed E-state index contributed by atoms with van der Waals surface area (Å²) < 4.78 is 27.4. The van der Waals surface area contributed by atoms with E-state index in [-0.39, 0.29) is 11.8 Å². The second-order valence-electron chi connectivity index (χ2n) is 5.91. The number of amides is 2. The SMILES string of the molecule is CC(C)C(NC(=O)c1c(F)cccc1F)C(=O)NCCc1cccs1. The van der Waals surface area contributed by atoms with Crippen molar-refractivity contribution in [1.29, 1.82) is 0 Å². The first-order valence-electron chi connectivity index (χ1n) is 7.95. The van der Waals surface area contributed by atoms with Crippen molar-refractivity contribution in [2.24, 2.45) is 5.92 Å². The molecule has 0 radical (unpaired) electrons.